The third kappa shape index (κ3) is 1.65. The number of hydrogen-bond acceptors (Lipinski definition) is 1. The summed E-state index contributed by atoms with van der Waals surface area (Å²) in [6, 6.07) is 34.1. The van der Waals surface area contributed by atoms with E-state index < -0.39 is 7.49 Å². The molecule has 2 heteroatoms. The highest BCUT2D eigenvalue weighted by Crippen LogP contribution is 2.95. The molecular weight excluding hydrogens is 431 g/mol. The smallest absolute Gasteiger partial charge is 0.214 e. The summed E-state index contributed by atoms with van der Waals surface area (Å²) in [5.74, 6) is 10.8. The Morgan fingerprint density at radius 1 is 0.529 bits per heavy atom. The SMILES string of the molecule is c1ccc([P+](O[C@@]23[C@H]4[C@H]5C[C@@H]2[C@@H]2[C@H]5[C@H]5[C@@H]6C[C@@H]([C@H]54)[C@H]3[C@@H]62)(c2ccccc2)c2ccccc2)cc1. The van der Waals surface area contributed by atoms with Crippen LogP contribution >= 0.6 is 7.49 Å². The molecule has 34 heavy (non-hydrogen) atoms. The predicted octanol–water partition coefficient (Wildman–Crippen LogP) is 5.30. The minimum absolute atomic E-state index is 0.140. The Morgan fingerprint density at radius 3 is 1.56 bits per heavy atom. The molecule has 0 aliphatic heterocycles. The van der Waals surface area contributed by atoms with Gasteiger partial charge in [0.25, 0.3) is 0 Å². The van der Waals surface area contributed by atoms with Gasteiger partial charge in [-0.05, 0) is 114 Å². The summed E-state index contributed by atoms with van der Waals surface area (Å²) < 4.78 is 8.26. The molecule has 4 bridgehead atoms. The summed E-state index contributed by atoms with van der Waals surface area (Å²) in [6.45, 7) is 0. The molecule has 0 heterocycles. The van der Waals surface area contributed by atoms with E-state index in [0.29, 0.717) is 0 Å². The average molecular weight is 462 g/mol. The minimum atomic E-state index is -2.25. The maximum atomic E-state index is 8.26. The number of benzene rings is 3. The van der Waals surface area contributed by atoms with E-state index in [1.54, 1.807) is 6.42 Å². The lowest BCUT2D eigenvalue weighted by atomic mass is 9.76. The lowest BCUT2D eigenvalue weighted by Gasteiger charge is -2.42. The zero-order chi connectivity index (χ0) is 21.8. The van der Waals surface area contributed by atoms with Crippen molar-refractivity contribution in [1.29, 1.82) is 0 Å². The fourth-order valence-electron chi connectivity index (χ4n) is 12.4. The summed E-state index contributed by atoms with van der Waals surface area (Å²) in [5, 5.41) is 4.21. The Morgan fingerprint density at radius 2 is 1.00 bits per heavy atom. The minimum Gasteiger partial charge on any atom is -0.214 e. The lowest BCUT2D eigenvalue weighted by Crippen LogP contribution is -2.49. The second-order valence-corrected chi connectivity index (χ2v) is 15.5. The topological polar surface area (TPSA) is 9.23 Å². The summed E-state index contributed by atoms with van der Waals surface area (Å²) in [5.41, 5.74) is 0.140. The normalized spacial score (nSPS) is 48.9. The second kappa shape index (κ2) is 5.71. The standard InChI is InChI=1S/C32H30OP/c1-4-10-18(11-5-1)34(19-12-6-2-7-13-19,20-14-8-3-9-15-20)33-32-24-17-23-26-25-21-16-22(28(25)31(23)32)30(32)27(21)29(24)26/h1-15,21-31H,16-17H2/q+1/t21-,22-,23-,24+,25+,26+,27-,28+,29+,30-,31-,32-/m0/s1. The van der Waals surface area contributed by atoms with Crippen molar-refractivity contribution in [2.45, 2.75) is 18.4 Å². The van der Waals surface area contributed by atoms with E-state index in [1.165, 1.54) is 22.3 Å². The van der Waals surface area contributed by atoms with Crippen molar-refractivity contribution in [3.63, 3.8) is 0 Å². The molecule has 8 aliphatic rings. The number of hydrogen-bond donors (Lipinski definition) is 0. The van der Waals surface area contributed by atoms with Crippen LogP contribution < -0.4 is 15.9 Å². The molecule has 1 nitrogen and oxygen atoms in total. The fourth-order valence-corrected chi connectivity index (χ4v) is 16.3. The van der Waals surface area contributed by atoms with Gasteiger partial charge in [0.2, 0.25) is 7.49 Å². The van der Waals surface area contributed by atoms with Crippen LogP contribution in [0, 0.1) is 65.1 Å². The van der Waals surface area contributed by atoms with Crippen molar-refractivity contribution >= 4 is 23.4 Å². The highest BCUT2D eigenvalue weighted by atomic mass is 31.2. The summed E-state index contributed by atoms with van der Waals surface area (Å²) in [6.07, 6.45) is 3.03. The largest absolute Gasteiger partial charge is 0.243 e. The molecule has 0 radical (unpaired) electrons. The molecule has 8 saturated carbocycles. The predicted molar refractivity (Wildman–Crippen MR) is 137 cm³/mol. The molecule has 168 valence electrons. The molecule has 11 rings (SSSR count). The summed E-state index contributed by atoms with van der Waals surface area (Å²) in [4.78, 5) is 0. The van der Waals surface area contributed by atoms with Crippen molar-refractivity contribution in [3.8, 4) is 0 Å². The molecular formula is C32H30OP+. The van der Waals surface area contributed by atoms with Crippen LogP contribution in [0.2, 0.25) is 0 Å². The summed E-state index contributed by atoms with van der Waals surface area (Å²) in [7, 11) is -2.25. The first-order chi connectivity index (χ1) is 16.9. The van der Waals surface area contributed by atoms with Crippen molar-refractivity contribution in [2.24, 2.45) is 65.1 Å². The van der Waals surface area contributed by atoms with E-state index in [4.69, 9.17) is 4.52 Å². The quantitative estimate of drug-likeness (QED) is 0.469. The van der Waals surface area contributed by atoms with Crippen molar-refractivity contribution in [1.82, 2.24) is 0 Å². The van der Waals surface area contributed by atoms with Crippen LogP contribution in [0.4, 0.5) is 0 Å². The van der Waals surface area contributed by atoms with Gasteiger partial charge < -0.3 is 0 Å². The molecule has 0 spiro atoms. The van der Waals surface area contributed by atoms with Crippen LogP contribution in [0.3, 0.4) is 0 Å². The zero-order valence-electron chi connectivity index (χ0n) is 19.3. The second-order valence-electron chi connectivity index (χ2n) is 12.6. The fraction of sp³-hybridized carbons (Fsp3) is 0.438. The van der Waals surface area contributed by atoms with Gasteiger partial charge in [-0.3, -0.25) is 0 Å². The van der Waals surface area contributed by atoms with E-state index in [-0.39, 0.29) is 5.60 Å². The first-order valence-corrected chi connectivity index (χ1v) is 15.3. The van der Waals surface area contributed by atoms with Gasteiger partial charge in [-0.1, -0.05) is 54.6 Å². The lowest BCUT2D eigenvalue weighted by molar-refractivity contribution is -0.0200. The Kier molecular flexibility index (Phi) is 3.08. The monoisotopic (exact) mass is 461 g/mol. The van der Waals surface area contributed by atoms with Gasteiger partial charge in [-0.15, -0.1) is 0 Å². The van der Waals surface area contributed by atoms with E-state index in [2.05, 4.69) is 91.0 Å². The van der Waals surface area contributed by atoms with Gasteiger partial charge in [0.05, 0.1) is 0 Å². The Bertz CT molecular complexity index is 1210. The van der Waals surface area contributed by atoms with E-state index >= 15 is 0 Å². The number of rotatable bonds is 5. The third-order valence-corrected chi connectivity index (χ3v) is 16.0. The van der Waals surface area contributed by atoms with Crippen LogP contribution in [-0.2, 0) is 4.52 Å². The van der Waals surface area contributed by atoms with E-state index in [1.807, 2.05) is 0 Å². The van der Waals surface area contributed by atoms with Crippen LogP contribution in [0.5, 0.6) is 0 Å². The van der Waals surface area contributed by atoms with Crippen molar-refractivity contribution in [3.05, 3.63) is 91.0 Å². The first-order valence-electron chi connectivity index (χ1n) is 13.6. The van der Waals surface area contributed by atoms with Gasteiger partial charge >= 0.3 is 0 Å². The first kappa shape index (κ1) is 18.3. The van der Waals surface area contributed by atoms with E-state index in [9.17, 15) is 0 Å². The average Bonchev–Trinajstić information content (AvgIpc) is 3.70. The van der Waals surface area contributed by atoms with Crippen LogP contribution in [0.1, 0.15) is 12.8 Å². The maximum Gasteiger partial charge on any atom is 0.243 e. The molecule has 0 amide bonds. The van der Waals surface area contributed by atoms with Gasteiger partial charge in [0.15, 0.2) is 0 Å². The molecule has 3 aromatic carbocycles. The molecule has 0 unspecified atom stereocenters. The van der Waals surface area contributed by atoms with Crippen molar-refractivity contribution in [2.75, 3.05) is 0 Å². The van der Waals surface area contributed by atoms with Crippen molar-refractivity contribution < 1.29 is 4.52 Å². The highest BCUT2D eigenvalue weighted by Gasteiger charge is 2.95. The Labute approximate surface area is 202 Å². The van der Waals surface area contributed by atoms with Crippen LogP contribution in [0.15, 0.2) is 91.0 Å². The summed E-state index contributed by atoms with van der Waals surface area (Å²) >= 11 is 0. The zero-order valence-corrected chi connectivity index (χ0v) is 20.2. The maximum absolute atomic E-state index is 8.26. The van der Waals surface area contributed by atoms with Gasteiger partial charge in [-0.2, -0.15) is 0 Å². The van der Waals surface area contributed by atoms with Gasteiger partial charge in [0.1, 0.15) is 21.5 Å². The molecule has 3 aromatic rings. The Hall–Kier alpha value is -1.95. The molecule has 0 saturated heterocycles. The molecule has 0 aromatic heterocycles. The molecule has 8 fully saturated rings. The van der Waals surface area contributed by atoms with Crippen LogP contribution in [0.25, 0.3) is 0 Å². The molecule has 0 N–H and O–H groups in total. The van der Waals surface area contributed by atoms with Gasteiger partial charge in [-0.25, -0.2) is 4.52 Å². The molecule has 12 atom stereocenters. The molecule has 8 aliphatic carbocycles. The van der Waals surface area contributed by atoms with E-state index in [0.717, 1.165) is 65.1 Å². The van der Waals surface area contributed by atoms with Crippen LogP contribution in [-0.4, -0.2) is 5.60 Å². The third-order valence-electron chi connectivity index (χ3n) is 12.3. The Balaban J connectivity index is 1.26. The highest BCUT2D eigenvalue weighted by molar-refractivity contribution is 7.91. The van der Waals surface area contributed by atoms with Gasteiger partial charge in [0, 0.05) is 0 Å².